The fourth-order valence-corrected chi connectivity index (χ4v) is 2.27. The molecule has 1 aliphatic rings. The molecule has 2 rings (SSSR count). The first-order valence-corrected chi connectivity index (χ1v) is 7.52. The Morgan fingerprint density at radius 1 is 0.960 bits per heavy atom. The van der Waals surface area contributed by atoms with Crippen molar-refractivity contribution in [2.24, 2.45) is 0 Å². The van der Waals surface area contributed by atoms with Gasteiger partial charge in [0.2, 0.25) is 0 Å². The highest BCUT2D eigenvalue weighted by Crippen LogP contribution is 2.29. The van der Waals surface area contributed by atoms with E-state index < -0.39 is 17.8 Å². The van der Waals surface area contributed by atoms with Crippen LogP contribution in [0.15, 0.2) is 23.8 Å². The lowest BCUT2D eigenvalue weighted by atomic mass is 10.1. The summed E-state index contributed by atoms with van der Waals surface area (Å²) in [6.45, 7) is 0.798. The third-order valence-corrected chi connectivity index (χ3v) is 3.69. The van der Waals surface area contributed by atoms with E-state index in [2.05, 4.69) is 0 Å². The van der Waals surface area contributed by atoms with Crippen molar-refractivity contribution in [2.75, 3.05) is 41.5 Å². The van der Waals surface area contributed by atoms with Crippen LogP contribution in [0, 0.1) is 0 Å². The number of carbonyl (C=O) groups excluding carboxylic acids is 3. The van der Waals surface area contributed by atoms with Gasteiger partial charge in [-0.3, -0.25) is 19.4 Å². The summed E-state index contributed by atoms with van der Waals surface area (Å²) >= 11 is 0. The third kappa shape index (κ3) is 3.80. The van der Waals surface area contributed by atoms with Gasteiger partial charge in [-0.15, -0.1) is 0 Å². The summed E-state index contributed by atoms with van der Waals surface area (Å²) in [5, 5.41) is 0. The van der Waals surface area contributed by atoms with Gasteiger partial charge in [-0.25, -0.2) is 4.79 Å². The van der Waals surface area contributed by atoms with Gasteiger partial charge in [0, 0.05) is 21.2 Å². The molecule has 1 fully saturated rings. The number of likely N-dealkylation sites (N-methyl/N-ethyl adjacent to an activating group) is 2. The number of rotatable bonds is 6. The van der Waals surface area contributed by atoms with Gasteiger partial charge < -0.3 is 14.2 Å². The summed E-state index contributed by atoms with van der Waals surface area (Å²) < 4.78 is 15.7. The van der Waals surface area contributed by atoms with Crippen LogP contribution in [0.2, 0.25) is 0 Å². The van der Waals surface area contributed by atoms with Gasteiger partial charge in [-0.1, -0.05) is 6.07 Å². The van der Waals surface area contributed by atoms with Gasteiger partial charge in [0.05, 0.1) is 13.7 Å². The van der Waals surface area contributed by atoms with E-state index in [1.165, 1.54) is 27.3 Å². The molecule has 0 saturated carbocycles. The molecule has 134 valence electrons. The number of benzene rings is 1. The van der Waals surface area contributed by atoms with Crippen LogP contribution in [0.4, 0.5) is 4.79 Å². The van der Waals surface area contributed by atoms with Gasteiger partial charge in [-0.05, 0) is 23.8 Å². The summed E-state index contributed by atoms with van der Waals surface area (Å²) in [5.74, 6) is -0.314. The molecule has 0 atom stereocenters. The Morgan fingerprint density at radius 2 is 1.60 bits per heavy atom. The minimum Gasteiger partial charge on any atom is -0.493 e. The minimum atomic E-state index is -0.661. The molecule has 1 aromatic carbocycles. The van der Waals surface area contributed by atoms with Gasteiger partial charge in [0.1, 0.15) is 12.2 Å². The van der Waals surface area contributed by atoms with Crippen LogP contribution in [-0.2, 0) is 14.3 Å². The molecule has 0 aromatic heterocycles. The van der Waals surface area contributed by atoms with Crippen LogP contribution in [0.1, 0.15) is 5.56 Å². The maximum Gasteiger partial charge on any atom is 0.333 e. The number of amides is 4. The van der Waals surface area contributed by atoms with Crippen LogP contribution in [-0.4, -0.2) is 69.2 Å². The predicted octanol–water partition coefficient (Wildman–Crippen LogP) is 1.15. The number of imide groups is 2. The second-order valence-corrected chi connectivity index (χ2v) is 5.32. The van der Waals surface area contributed by atoms with E-state index in [9.17, 15) is 14.4 Å². The summed E-state index contributed by atoms with van der Waals surface area (Å²) in [7, 11) is 5.73. The second-order valence-electron chi connectivity index (χ2n) is 5.32. The Labute approximate surface area is 145 Å². The fourth-order valence-electron chi connectivity index (χ4n) is 2.27. The number of urea groups is 1. The van der Waals surface area contributed by atoms with Gasteiger partial charge in [-0.2, -0.15) is 0 Å². The Morgan fingerprint density at radius 3 is 2.16 bits per heavy atom. The maximum atomic E-state index is 12.2. The van der Waals surface area contributed by atoms with Crippen molar-refractivity contribution in [3.63, 3.8) is 0 Å². The molecule has 0 bridgehead atoms. The third-order valence-electron chi connectivity index (χ3n) is 3.69. The van der Waals surface area contributed by atoms with Crippen molar-refractivity contribution in [3.8, 4) is 11.5 Å². The van der Waals surface area contributed by atoms with Crippen LogP contribution in [0.5, 0.6) is 11.5 Å². The molecule has 0 N–H and O–H groups in total. The van der Waals surface area contributed by atoms with Gasteiger partial charge in [0.15, 0.2) is 11.5 Å². The normalized spacial score (nSPS) is 14.9. The number of ether oxygens (including phenoxy) is 3. The van der Waals surface area contributed by atoms with Crippen molar-refractivity contribution in [1.29, 1.82) is 0 Å². The maximum absolute atomic E-state index is 12.2. The quantitative estimate of drug-likeness (QED) is 0.436. The molecule has 0 unspecified atom stereocenters. The summed E-state index contributed by atoms with van der Waals surface area (Å²) in [5.41, 5.74) is 0.475. The zero-order chi connectivity index (χ0) is 18.6. The number of hydrogen-bond donors (Lipinski definition) is 0. The first-order chi connectivity index (χ1) is 11.9. The van der Waals surface area contributed by atoms with Crippen molar-refractivity contribution >= 4 is 23.9 Å². The molecule has 8 heteroatoms. The van der Waals surface area contributed by atoms with E-state index >= 15 is 0 Å². The van der Waals surface area contributed by atoms with E-state index in [0.29, 0.717) is 30.3 Å². The molecule has 8 nitrogen and oxygen atoms in total. The molecule has 1 aliphatic heterocycles. The second kappa shape index (κ2) is 7.80. The molecule has 0 aliphatic carbocycles. The molecule has 4 amide bonds. The Balaban J connectivity index is 2.32. The smallest absolute Gasteiger partial charge is 0.333 e. The number of barbiturate groups is 1. The highest BCUT2D eigenvalue weighted by molar-refractivity contribution is 6.30. The highest BCUT2D eigenvalue weighted by atomic mass is 16.5. The van der Waals surface area contributed by atoms with Crippen LogP contribution < -0.4 is 9.47 Å². The number of carbonyl (C=O) groups is 3. The zero-order valence-electron chi connectivity index (χ0n) is 14.6. The summed E-state index contributed by atoms with van der Waals surface area (Å²) in [4.78, 5) is 38.0. The van der Waals surface area contributed by atoms with Crippen molar-refractivity contribution in [2.45, 2.75) is 0 Å². The minimum absolute atomic E-state index is 0.0975. The standard InChI is InChI=1S/C17H20N2O6/c1-18-15(20)12(16(21)19(2)17(18)22)9-11-5-6-13(14(10-11)24-4)25-8-7-23-3/h5-6,9-10H,7-8H2,1-4H3. The molecule has 25 heavy (non-hydrogen) atoms. The molecule has 1 heterocycles. The fraction of sp³-hybridized carbons (Fsp3) is 0.353. The average molecular weight is 348 g/mol. The van der Waals surface area contributed by atoms with Crippen molar-refractivity contribution in [1.82, 2.24) is 9.80 Å². The van der Waals surface area contributed by atoms with E-state index in [4.69, 9.17) is 14.2 Å². The lowest BCUT2D eigenvalue weighted by Gasteiger charge is -2.28. The molecule has 1 aromatic rings. The number of methoxy groups -OCH3 is 2. The van der Waals surface area contributed by atoms with E-state index in [-0.39, 0.29) is 5.57 Å². The first kappa shape index (κ1) is 18.5. The monoisotopic (exact) mass is 348 g/mol. The molecular weight excluding hydrogens is 328 g/mol. The SMILES string of the molecule is COCCOc1ccc(C=C2C(=O)N(C)C(=O)N(C)C2=O)cc1OC. The lowest BCUT2D eigenvalue weighted by Crippen LogP contribution is -2.52. The summed E-state index contributed by atoms with van der Waals surface area (Å²) in [6, 6.07) is 4.35. The van der Waals surface area contributed by atoms with E-state index in [0.717, 1.165) is 9.80 Å². The topological polar surface area (TPSA) is 85.4 Å². The molecular formula is C17H20N2O6. The highest BCUT2D eigenvalue weighted by Gasteiger charge is 2.37. The Kier molecular flexibility index (Phi) is 5.76. The summed E-state index contributed by atoms with van der Waals surface area (Å²) in [6.07, 6.45) is 1.42. The molecule has 0 spiro atoms. The van der Waals surface area contributed by atoms with Crippen LogP contribution >= 0.6 is 0 Å². The van der Waals surface area contributed by atoms with Crippen LogP contribution in [0.3, 0.4) is 0 Å². The van der Waals surface area contributed by atoms with Gasteiger partial charge >= 0.3 is 6.03 Å². The van der Waals surface area contributed by atoms with Crippen molar-refractivity contribution in [3.05, 3.63) is 29.3 Å². The number of nitrogens with zero attached hydrogens (tertiary/aromatic N) is 2. The first-order valence-electron chi connectivity index (χ1n) is 7.52. The number of hydrogen-bond acceptors (Lipinski definition) is 6. The molecule has 1 saturated heterocycles. The lowest BCUT2D eigenvalue weighted by molar-refractivity contribution is -0.134. The van der Waals surface area contributed by atoms with Crippen molar-refractivity contribution < 1.29 is 28.6 Å². The zero-order valence-corrected chi connectivity index (χ0v) is 14.6. The average Bonchev–Trinajstić information content (AvgIpc) is 2.63. The predicted molar refractivity (Wildman–Crippen MR) is 89.3 cm³/mol. The van der Waals surface area contributed by atoms with Crippen LogP contribution in [0.25, 0.3) is 6.08 Å². The Hall–Kier alpha value is -2.87. The molecule has 0 radical (unpaired) electrons. The van der Waals surface area contributed by atoms with Gasteiger partial charge in [0.25, 0.3) is 11.8 Å². The van der Waals surface area contributed by atoms with E-state index in [1.807, 2.05) is 0 Å². The Bertz CT molecular complexity index is 702. The largest absolute Gasteiger partial charge is 0.493 e. The van der Waals surface area contributed by atoms with E-state index in [1.54, 1.807) is 25.3 Å².